The maximum atomic E-state index is 14.0. The molecule has 0 bridgehead atoms. The average molecular weight is 590 g/mol. The summed E-state index contributed by atoms with van der Waals surface area (Å²) < 4.78 is 19.8. The number of fused-ring (bicyclic) bond motifs is 3. The fourth-order valence-corrected chi connectivity index (χ4v) is 6.60. The number of halogens is 1. The number of hydrogen-bond donors (Lipinski definition) is 0. The van der Waals surface area contributed by atoms with Crippen LogP contribution in [-0.2, 0) is 6.42 Å². The summed E-state index contributed by atoms with van der Waals surface area (Å²) in [5, 5.41) is 0. The quantitative estimate of drug-likeness (QED) is 0.325. The minimum absolute atomic E-state index is 0.0753. The first-order valence-corrected chi connectivity index (χ1v) is 13.8. The van der Waals surface area contributed by atoms with Crippen LogP contribution in [0.15, 0.2) is 80.5 Å². The van der Waals surface area contributed by atoms with Gasteiger partial charge in [0.25, 0.3) is 5.56 Å². The van der Waals surface area contributed by atoms with E-state index in [0.717, 1.165) is 51.0 Å². The number of benzene rings is 3. The van der Waals surface area contributed by atoms with Crippen molar-refractivity contribution in [2.45, 2.75) is 18.9 Å². The maximum absolute atomic E-state index is 14.0. The Balaban J connectivity index is 1.62. The molecule has 6 rings (SSSR count). The SMILES string of the molecule is COc1ccc(Br)c(/C=c2\sc3n(c2=O)[C@@H](c2ccc(OC)c(OC)c2)C2=C(N=3)c3ccccc3CC2)c1. The molecule has 0 radical (unpaired) electrons. The van der Waals surface area contributed by atoms with Crippen molar-refractivity contribution >= 4 is 39.0 Å². The lowest BCUT2D eigenvalue weighted by atomic mass is 9.83. The molecule has 0 saturated heterocycles. The summed E-state index contributed by atoms with van der Waals surface area (Å²) >= 11 is 5.01. The largest absolute Gasteiger partial charge is 0.497 e. The van der Waals surface area contributed by atoms with Gasteiger partial charge in [-0.2, -0.15) is 0 Å². The van der Waals surface area contributed by atoms with Gasteiger partial charge in [0.05, 0.1) is 37.6 Å². The zero-order valence-electron chi connectivity index (χ0n) is 21.2. The molecular weight excluding hydrogens is 564 g/mol. The summed E-state index contributed by atoms with van der Waals surface area (Å²) in [4.78, 5) is 19.8. The van der Waals surface area contributed by atoms with E-state index in [9.17, 15) is 4.79 Å². The van der Waals surface area contributed by atoms with Crippen LogP contribution < -0.4 is 29.1 Å². The predicted octanol–water partition coefficient (Wildman–Crippen LogP) is 5.11. The molecule has 0 unspecified atom stereocenters. The molecule has 0 spiro atoms. The third-order valence-electron chi connectivity index (χ3n) is 7.09. The van der Waals surface area contributed by atoms with Crippen molar-refractivity contribution in [2.24, 2.45) is 4.99 Å². The van der Waals surface area contributed by atoms with E-state index in [0.29, 0.717) is 20.8 Å². The van der Waals surface area contributed by atoms with E-state index in [4.69, 9.17) is 19.2 Å². The Morgan fingerprint density at radius 2 is 1.79 bits per heavy atom. The summed E-state index contributed by atoms with van der Waals surface area (Å²) in [7, 11) is 4.88. The Labute approximate surface area is 232 Å². The minimum atomic E-state index is -0.301. The monoisotopic (exact) mass is 588 g/mol. The molecule has 4 aromatic rings. The van der Waals surface area contributed by atoms with E-state index in [-0.39, 0.29) is 11.6 Å². The highest BCUT2D eigenvalue weighted by Gasteiger charge is 2.33. The number of rotatable bonds is 5. The third-order valence-corrected chi connectivity index (χ3v) is 8.79. The van der Waals surface area contributed by atoms with Crippen LogP contribution in [0.3, 0.4) is 0 Å². The van der Waals surface area contributed by atoms with Gasteiger partial charge in [-0.05, 0) is 71.5 Å². The molecule has 1 aromatic heterocycles. The van der Waals surface area contributed by atoms with Crippen LogP contribution in [0.4, 0.5) is 0 Å². The molecule has 2 heterocycles. The number of aromatic nitrogens is 1. The standard InChI is InChI=1S/C30H25BrN2O4S/c1-35-20-10-12-23(31)19(14-20)16-26-29(34)33-28(18-9-13-24(36-2)25(15-18)37-3)22-11-8-17-6-4-5-7-21(17)27(22)32-30(33)38-26/h4-7,9-10,12-16,28H,8,11H2,1-3H3/b26-16-/t28-/m0/s1. The van der Waals surface area contributed by atoms with Crippen molar-refractivity contribution in [1.29, 1.82) is 0 Å². The Bertz CT molecular complexity index is 1790. The zero-order valence-corrected chi connectivity index (χ0v) is 23.6. The van der Waals surface area contributed by atoms with Gasteiger partial charge in [0.1, 0.15) is 5.75 Å². The first kappa shape index (κ1) is 24.7. The molecular formula is C30H25BrN2O4S. The first-order valence-electron chi connectivity index (χ1n) is 12.2. The topological polar surface area (TPSA) is 62.0 Å². The van der Waals surface area contributed by atoms with Crippen molar-refractivity contribution in [1.82, 2.24) is 4.57 Å². The Hall–Kier alpha value is -3.62. The molecule has 1 aliphatic carbocycles. The highest BCUT2D eigenvalue weighted by atomic mass is 79.9. The molecule has 192 valence electrons. The van der Waals surface area contributed by atoms with Gasteiger partial charge >= 0.3 is 0 Å². The second kappa shape index (κ2) is 9.93. The van der Waals surface area contributed by atoms with Gasteiger partial charge in [-0.3, -0.25) is 9.36 Å². The van der Waals surface area contributed by atoms with Crippen LogP contribution in [0.5, 0.6) is 17.2 Å². The third kappa shape index (κ3) is 4.08. The summed E-state index contributed by atoms with van der Waals surface area (Å²) in [6.45, 7) is 0. The summed E-state index contributed by atoms with van der Waals surface area (Å²) in [6, 6.07) is 19.7. The minimum Gasteiger partial charge on any atom is -0.497 e. The highest BCUT2D eigenvalue weighted by molar-refractivity contribution is 9.10. The fourth-order valence-electron chi connectivity index (χ4n) is 5.25. The molecule has 3 aromatic carbocycles. The lowest BCUT2D eigenvalue weighted by Gasteiger charge is -2.31. The van der Waals surface area contributed by atoms with E-state index in [1.165, 1.54) is 16.9 Å². The van der Waals surface area contributed by atoms with Crippen LogP contribution in [0.25, 0.3) is 11.8 Å². The van der Waals surface area contributed by atoms with Gasteiger partial charge < -0.3 is 14.2 Å². The van der Waals surface area contributed by atoms with E-state index in [1.807, 2.05) is 53.1 Å². The molecule has 1 aliphatic heterocycles. The van der Waals surface area contributed by atoms with Crippen molar-refractivity contribution < 1.29 is 14.2 Å². The van der Waals surface area contributed by atoms with Crippen molar-refractivity contribution in [3.05, 3.63) is 113 Å². The van der Waals surface area contributed by atoms with Gasteiger partial charge in [-0.15, -0.1) is 0 Å². The van der Waals surface area contributed by atoms with Crippen LogP contribution >= 0.6 is 27.3 Å². The van der Waals surface area contributed by atoms with Crippen molar-refractivity contribution in [2.75, 3.05) is 21.3 Å². The van der Waals surface area contributed by atoms with Crippen LogP contribution in [0.1, 0.15) is 34.7 Å². The summed E-state index contributed by atoms with van der Waals surface area (Å²) in [6.07, 6.45) is 3.62. The highest BCUT2D eigenvalue weighted by Crippen LogP contribution is 2.42. The van der Waals surface area contributed by atoms with E-state index in [1.54, 1.807) is 21.3 Å². The molecule has 0 saturated carbocycles. The number of ether oxygens (including phenoxy) is 3. The number of allylic oxidation sites excluding steroid dienone is 1. The molecule has 0 amide bonds. The molecule has 2 aliphatic rings. The Kier molecular flexibility index (Phi) is 6.45. The van der Waals surface area contributed by atoms with E-state index in [2.05, 4.69) is 34.1 Å². The molecule has 38 heavy (non-hydrogen) atoms. The van der Waals surface area contributed by atoms with E-state index >= 15 is 0 Å². The van der Waals surface area contributed by atoms with Gasteiger partial charge in [0.15, 0.2) is 16.3 Å². The lowest BCUT2D eigenvalue weighted by Crippen LogP contribution is -2.38. The zero-order chi connectivity index (χ0) is 26.4. The number of hydrogen-bond acceptors (Lipinski definition) is 6. The summed E-state index contributed by atoms with van der Waals surface area (Å²) in [5.41, 5.74) is 6.26. The van der Waals surface area contributed by atoms with Crippen molar-refractivity contribution in [3.63, 3.8) is 0 Å². The number of nitrogens with zero attached hydrogens (tertiary/aromatic N) is 2. The smallest absolute Gasteiger partial charge is 0.271 e. The summed E-state index contributed by atoms with van der Waals surface area (Å²) in [5.74, 6) is 2.00. The Morgan fingerprint density at radius 1 is 0.974 bits per heavy atom. The fraction of sp³-hybridized carbons (Fsp3) is 0.200. The second-order valence-corrected chi connectivity index (χ2v) is 11.0. The number of aryl methyl sites for hydroxylation is 1. The predicted molar refractivity (Wildman–Crippen MR) is 153 cm³/mol. The van der Waals surface area contributed by atoms with E-state index < -0.39 is 0 Å². The number of methoxy groups -OCH3 is 3. The number of thiazole rings is 1. The lowest BCUT2D eigenvalue weighted by molar-refractivity contribution is 0.354. The molecule has 0 fully saturated rings. The van der Waals surface area contributed by atoms with Gasteiger partial charge in [0.2, 0.25) is 0 Å². The molecule has 0 N–H and O–H groups in total. The Morgan fingerprint density at radius 3 is 2.58 bits per heavy atom. The van der Waals surface area contributed by atoms with Crippen LogP contribution in [0.2, 0.25) is 0 Å². The molecule has 8 heteroatoms. The van der Waals surface area contributed by atoms with Gasteiger partial charge in [-0.1, -0.05) is 57.6 Å². The van der Waals surface area contributed by atoms with Gasteiger partial charge in [-0.25, -0.2) is 4.99 Å². The maximum Gasteiger partial charge on any atom is 0.271 e. The van der Waals surface area contributed by atoms with Crippen LogP contribution in [0, 0.1) is 0 Å². The van der Waals surface area contributed by atoms with Gasteiger partial charge in [0, 0.05) is 10.0 Å². The average Bonchev–Trinajstić information content (AvgIpc) is 3.26. The normalized spacial score (nSPS) is 16.3. The van der Waals surface area contributed by atoms with Crippen LogP contribution in [-0.4, -0.2) is 25.9 Å². The molecule has 1 atom stereocenters. The first-order chi connectivity index (χ1) is 18.5. The second-order valence-electron chi connectivity index (χ2n) is 9.12. The molecule has 6 nitrogen and oxygen atoms in total. The van der Waals surface area contributed by atoms with Crippen molar-refractivity contribution in [3.8, 4) is 17.2 Å².